The number of aromatic carboxylic acids is 1. The van der Waals surface area contributed by atoms with Gasteiger partial charge in [-0.25, -0.2) is 4.79 Å². The molecule has 0 unspecified atom stereocenters. The molecule has 0 aliphatic carbocycles. The first-order valence-electron chi connectivity index (χ1n) is 4.78. The van der Waals surface area contributed by atoms with Gasteiger partial charge in [-0.3, -0.25) is 14.5 Å². The molecule has 90 valence electrons. The van der Waals surface area contributed by atoms with Crippen molar-refractivity contribution < 1.29 is 23.9 Å². The third kappa shape index (κ3) is 2.19. The fourth-order valence-electron chi connectivity index (χ4n) is 1.49. The number of nitrogens with zero attached hydrogens (tertiary/aromatic N) is 1. The van der Waals surface area contributed by atoms with Crippen molar-refractivity contribution >= 4 is 28.9 Å². The van der Waals surface area contributed by atoms with Crippen molar-refractivity contribution in [2.45, 2.75) is 13.5 Å². The predicted octanol–water partition coefficient (Wildman–Crippen LogP) is 1.48. The molecule has 1 fully saturated rings. The quantitative estimate of drug-likeness (QED) is 0.880. The van der Waals surface area contributed by atoms with E-state index in [-0.39, 0.29) is 29.2 Å². The van der Waals surface area contributed by atoms with Crippen LogP contribution < -0.4 is 0 Å². The first kappa shape index (κ1) is 11.7. The van der Waals surface area contributed by atoms with Crippen LogP contribution in [0.1, 0.15) is 21.9 Å². The molecule has 2 rings (SSSR count). The Kier molecular flexibility index (Phi) is 2.93. The number of hydrogen-bond acceptors (Lipinski definition) is 5. The van der Waals surface area contributed by atoms with Gasteiger partial charge in [0.25, 0.3) is 5.24 Å². The summed E-state index contributed by atoms with van der Waals surface area (Å²) in [5.41, 5.74) is 0.534. The number of aryl methyl sites for hydroxylation is 1. The summed E-state index contributed by atoms with van der Waals surface area (Å²) in [5, 5.41) is 8.43. The summed E-state index contributed by atoms with van der Waals surface area (Å²) in [5.74, 6) is -1.09. The largest absolute Gasteiger partial charge is 0.475 e. The molecule has 1 aromatic rings. The Morgan fingerprint density at radius 3 is 2.76 bits per heavy atom. The molecule has 0 spiro atoms. The molecule has 0 saturated carbocycles. The van der Waals surface area contributed by atoms with Crippen LogP contribution in [-0.2, 0) is 11.3 Å². The lowest BCUT2D eigenvalue weighted by Crippen LogP contribution is -2.27. The van der Waals surface area contributed by atoms with E-state index in [0.717, 1.165) is 16.7 Å². The average Bonchev–Trinajstić information content (AvgIpc) is 2.77. The molecular formula is C10H9NO5S. The Balaban J connectivity index is 2.21. The van der Waals surface area contributed by atoms with Crippen LogP contribution in [0.4, 0.5) is 4.79 Å². The Morgan fingerprint density at radius 1 is 1.59 bits per heavy atom. The van der Waals surface area contributed by atoms with E-state index in [1.54, 1.807) is 6.92 Å². The second-order valence-electron chi connectivity index (χ2n) is 3.53. The fourth-order valence-corrected chi connectivity index (χ4v) is 2.21. The molecule has 7 heteroatoms. The van der Waals surface area contributed by atoms with Gasteiger partial charge in [0.2, 0.25) is 11.7 Å². The second-order valence-corrected chi connectivity index (χ2v) is 4.46. The number of carbonyl (C=O) groups is 3. The molecule has 1 N–H and O–H groups in total. The Morgan fingerprint density at radius 2 is 2.29 bits per heavy atom. The third-order valence-electron chi connectivity index (χ3n) is 2.40. The summed E-state index contributed by atoms with van der Waals surface area (Å²) >= 11 is 0.942. The van der Waals surface area contributed by atoms with Crippen LogP contribution in [0.3, 0.4) is 0 Å². The van der Waals surface area contributed by atoms with Crippen LogP contribution in [0.2, 0.25) is 0 Å². The SMILES string of the molecule is Cc1oc(C(=O)O)cc1CN1C(=O)CSC1=O. The van der Waals surface area contributed by atoms with Crippen molar-refractivity contribution in [1.82, 2.24) is 4.90 Å². The van der Waals surface area contributed by atoms with Crippen LogP contribution >= 0.6 is 11.8 Å². The van der Waals surface area contributed by atoms with Gasteiger partial charge >= 0.3 is 5.97 Å². The number of furan rings is 1. The molecule has 2 amide bonds. The highest BCUT2D eigenvalue weighted by atomic mass is 32.2. The van der Waals surface area contributed by atoms with Crippen LogP contribution in [0, 0.1) is 6.92 Å². The Labute approximate surface area is 101 Å². The number of thioether (sulfide) groups is 1. The third-order valence-corrected chi connectivity index (χ3v) is 3.26. The molecule has 0 aromatic carbocycles. The smallest absolute Gasteiger partial charge is 0.371 e. The molecule has 1 saturated heterocycles. The van der Waals surface area contributed by atoms with Gasteiger partial charge < -0.3 is 9.52 Å². The molecule has 1 aliphatic rings. The van der Waals surface area contributed by atoms with Gasteiger partial charge in [0, 0.05) is 5.56 Å². The molecule has 0 bridgehead atoms. The molecule has 1 aromatic heterocycles. The predicted molar refractivity (Wildman–Crippen MR) is 58.8 cm³/mol. The molecule has 17 heavy (non-hydrogen) atoms. The molecular weight excluding hydrogens is 246 g/mol. The number of hydrogen-bond donors (Lipinski definition) is 1. The van der Waals surface area contributed by atoms with Gasteiger partial charge in [0.05, 0.1) is 12.3 Å². The van der Waals surface area contributed by atoms with Crippen molar-refractivity contribution in [3.8, 4) is 0 Å². The highest BCUT2D eigenvalue weighted by molar-refractivity contribution is 8.14. The van der Waals surface area contributed by atoms with Gasteiger partial charge in [-0.2, -0.15) is 0 Å². The average molecular weight is 255 g/mol. The maximum Gasteiger partial charge on any atom is 0.371 e. The summed E-state index contributed by atoms with van der Waals surface area (Å²) in [7, 11) is 0. The van der Waals surface area contributed by atoms with E-state index in [0.29, 0.717) is 11.3 Å². The topological polar surface area (TPSA) is 87.8 Å². The van der Waals surface area contributed by atoms with Gasteiger partial charge in [-0.1, -0.05) is 11.8 Å². The maximum atomic E-state index is 11.4. The minimum Gasteiger partial charge on any atom is -0.475 e. The van der Waals surface area contributed by atoms with E-state index in [4.69, 9.17) is 9.52 Å². The number of carbonyl (C=O) groups excluding carboxylic acids is 2. The second kappa shape index (κ2) is 4.25. The minimum atomic E-state index is -1.17. The van der Waals surface area contributed by atoms with Gasteiger partial charge in [-0.15, -0.1) is 0 Å². The van der Waals surface area contributed by atoms with E-state index in [9.17, 15) is 14.4 Å². The van der Waals surface area contributed by atoms with Gasteiger partial charge in [0.15, 0.2) is 0 Å². The van der Waals surface area contributed by atoms with Crippen LogP contribution in [-0.4, -0.2) is 32.9 Å². The van der Waals surface area contributed by atoms with E-state index in [2.05, 4.69) is 0 Å². The molecule has 2 heterocycles. The number of rotatable bonds is 3. The summed E-state index contributed by atoms with van der Waals surface area (Å²) in [4.78, 5) is 34.5. The molecule has 0 atom stereocenters. The Bertz CT molecular complexity index is 491. The summed E-state index contributed by atoms with van der Waals surface area (Å²) in [6, 6.07) is 1.33. The van der Waals surface area contributed by atoms with Crippen LogP contribution in [0.15, 0.2) is 10.5 Å². The van der Waals surface area contributed by atoms with Gasteiger partial charge in [0.1, 0.15) is 5.76 Å². The highest BCUT2D eigenvalue weighted by Gasteiger charge is 2.31. The normalized spacial score (nSPS) is 15.7. The lowest BCUT2D eigenvalue weighted by atomic mass is 10.2. The standard InChI is InChI=1S/C10H9NO5S/c1-5-6(2-7(16-5)9(13)14)3-11-8(12)4-17-10(11)15/h2H,3-4H2,1H3,(H,13,14). The fraction of sp³-hybridized carbons (Fsp3) is 0.300. The zero-order valence-electron chi connectivity index (χ0n) is 8.93. The Hall–Kier alpha value is -1.76. The highest BCUT2D eigenvalue weighted by Crippen LogP contribution is 2.24. The summed E-state index contributed by atoms with van der Waals surface area (Å²) in [6.07, 6.45) is 0. The minimum absolute atomic E-state index is 0.0628. The number of carboxylic acids is 1. The van der Waals surface area contributed by atoms with E-state index in [1.165, 1.54) is 6.07 Å². The van der Waals surface area contributed by atoms with Crippen LogP contribution in [0.5, 0.6) is 0 Å². The van der Waals surface area contributed by atoms with Crippen molar-refractivity contribution in [2.24, 2.45) is 0 Å². The van der Waals surface area contributed by atoms with Gasteiger partial charge in [-0.05, 0) is 13.0 Å². The van der Waals surface area contributed by atoms with E-state index in [1.807, 2.05) is 0 Å². The van der Waals surface area contributed by atoms with Crippen molar-refractivity contribution in [3.05, 3.63) is 23.2 Å². The zero-order valence-corrected chi connectivity index (χ0v) is 9.74. The lowest BCUT2D eigenvalue weighted by Gasteiger charge is -2.11. The molecule has 0 radical (unpaired) electrons. The number of imide groups is 1. The first-order valence-corrected chi connectivity index (χ1v) is 5.77. The van der Waals surface area contributed by atoms with Crippen molar-refractivity contribution in [2.75, 3.05) is 5.75 Å². The van der Waals surface area contributed by atoms with Crippen molar-refractivity contribution in [3.63, 3.8) is 0 Å². The summed E-state index contributed by atoms with van der Waals surface area (Å²) < 4.78 is 5.00. The van der Waals surface area contributed by atoms with Crippen molar-refractivity contribution in [1.29, 1.82) is 0 Å². The first-order chi connectivity index (χ1) is 7.99. The van der Waals surface area contributed by atoms with E-state index < -0.39 is 5.97 Å². The number of amides is 2. The maximum absolute atomic E-state index is 11.4. The van der Waals surface area contributed by atoms with E-state index >= 15 is 0 Å². The molecule has 1 aliphatic heterocycles. The monoisotopic (exact) mass is 255 g/mol. The zero-order chi connectivity index (χ0) is 12.6. The number of carboxylic acid groups (broad SMARTS) is 1. The summed E-state index contributed by atoms with van der Waals surface area (Å²) in [6.45, 7) is 1.66. The van der Waals surface area contributed by atoms with Crippen LogP contribution in [0.25, 0.3) is 0 Å². The lowest BCUT2D eigenvalue weighted by molar-refractivity contribution is -0.125. The molecule has 6 nitrogen and oxygen atoms in total.